The molecular formula is C28H45F3OSi. The van der Waals surface area contributed by atoms with Gasteiger partial charge in [-0.25, -0.2) is 13.2 Å². The van der Waals surface area contributed by atoms with Crippen LogP contribution in [0.3, 0.4) is 0 Å². The Hall–Kier alpha value is -0.973. The van der Waals surface area contributed by atoms with Crippen LogP contribution in [0, 0.1) is 23.5 Å². The molecule has 0 bridgehead atoms. The van der Waals surface area contributed by atoms with Crippen LogP contribution in [0.4, 0.5) is 13.2 Å². The van der Waals surface area contributed by atoms with Gasteiger partial charge in [-0.3, -0.25) is 0 Å². The van der Waals surface area contributed by atoms with Gasteiger partial charge in [-0.2, -0.15) is 0 Å². The smallest absolute Gasteiger partial charge is 0.190 e. The van der Waals surface area contributed by atoms with Gasteiger partial charge in [-0.05, 0) is 67.6 Å². The van der Waals surface area contributed by atoms with Crippen molar-refractivity contribution < 1.29 is 17.9 Å². The minimum atomic E-state index is -1.18. The standard InChI is InChI=1S/C28H45F3OSi/c1-3-5-6-7-8-25(29)20-32-28-26(30)18-24(19-27(28)31)22-11-9-21(10-12-22)23-13-16-33(15-4-2)17-14-23/h18-19,21-23,25,33H,3-17,20H2,1-2H3/t21-,22-,23-,25-,33-/m1/s1. The van der Waals surface area contributed by atoms with Crippen LogP contribution < -0.4 is 4.74 Å². The van der Waals surface area contributed by atoms with Crippen molar-refractivity contribution in [3.63, 3.8) is 0 Å². The zero-order chi connectivity index (χ0) is 23.6. The van der Waals surface area contributed by atoms with Crippen molar-refractivity contribution in [1.82, 2.24) is 0 Å². The van der Waals surface area contributed by atoms with Gasteiger partial charge < -0.3 is 4.74 Å². The van der Waals surface area contributed by atoms with Crippen molar-refractivity contribution in [1.29, 1.82) is 0 Å². The first-order valence-electron chi connectivity index (χ1n) is 13.8. The van der Waals surface area contributed by atoms with E-state index in [9.17, 15) is 13.2 Å². The Labute approximate surface area is 201 Å². The molecule has 0 N–H and O–H groups in total. The van der Waals surface area contributed by atoms with Crippen LogP contribution in [0.2, 0.25) is 18.1 Å². The van der Waals surface area contributed by atoms with E-state index in [-0.39, 0.29) is 12.5 Å². The van der Waals surface area contributed by atoms with Crippen LogP contribution in [0.15, 0.2) is 12.1 Å². The van der Waals surface area contributed by atoms with Crippen LogP contribution in [0.1, 0.15) is 102 Å². The Balaban J connectivity index is 1.46. The predicted octanol–water partition coefficient (Wildman–Crippen LogP) is 8.97. The lowest BCUT2D eigenvalue weighted by atomic mass is 9.72. The normalized spacial score (nSPS) is 26.8. The summed E-state index contributed by atoms with van der Waals surface area (Å²) in [5.41, 5.74) is 0.742. The van der Waals surface area contributed by atoms with E-state index < -0.39 is 32.4 Å². The summed E-state index contributed by atoms with van der Waals surface area (Å²) in [6, 6.07) is 7.42. The van der Waals surface area contributed by atoms with E-state index in [0.29, 0.717) is 6.42 Å². The van der Waals surface area contributed by atoms with Gasteiger partial charge in [0.25, 0.3) is 0 Å². The molecule has 2 fully saturated rings. The van der Waals surface area contributed by atoms with Crippen molar-refractivity contribution in [2.45, 2.75) is 121 Å². The molecule has 0 aromatic heterocycles. The summed E-state index contributed by atoms with van der Waals surface area (Å²) < 4.78 is 48.6. The number of unbranched alkanes of at least 4 members (excludes halogenated alkanes) is 3. The van der Waals surface area contributed by atoms with Gasteiger partial charge in [0.15, 0.2) is 17.4 Å². The molecule has 1 nitrogen and oxygen atoms in total. The van der Waals surface area contributed by atoms with Crippen LogP contribution in [0.25, 0.3) is 0 Å². The molecule has 0 radical (unpaired) electrons. The second-order valence-electron chi connectivity index (χ2n) is 10.8. The average Bonchev–Trinajstić information content (AvgIpc) is 2.82. The highest BCUT2D eigenvalue weighted by molar-refractivity contribution is 6.58. The number of alkyl halides is 1. The summed E-state index contributed by atoms with van der Waals surface area (Å²) in [5.74, 6) is 0.101. The molecule has 1 aliphatic heterocycles. The quantitative estimate of drug-likeness (QED) is 0.213. The molecule has 2 aliphatic rings. The van der Waals surface area contributed by atoms with E-state index in [1.54, 1.807) is 0 Å². The Morgan fingerprint density at radius 1 is 0.879 bits per heavy atom. The zero-order valence-corrected chi connectivity index (χ0v) is 22.1. The van der Waals surface area contributed by atoms with E-state index in [1.807, 2.05) is 0 Å². The molecular weight excluding hydrogens is 437 g/mol. The third-order valence-corrected chi connectivity index (χ3v) is 12.0. The van der Waals surface area contributed by atoms with Crippen molar-refractivity contribution >= 4 is 8.80 Å². The van der Waals surface area contributed by atoms with E-state index >= 15 is 0 Å². The van der Waals surface area contributed by atoms with Gasteiger partial charge in [-0.15, -0.1) is 0 Å². The minimum absolute atomic E-state index is 0.220. The topological polar surface area (TPSA) is 9.23 Å². The predicted molar refractivity (Wildman–Crippen MR) is 135 cm³/mol. The summed E-state index contributed by atoms with van der Waals surface area (Å²) in [6.07, 6.45) is 11.7. The number of halogens is 3. The molecule has 1 aromatic carbocycles. The molecule has 1 saturated heterocycles. The van der Waals surface area contributed by atoms with E-state index in [0.717, 1.165) is 55.9 Å². The van der Waals surface area contributed by atoms with Crippen LogP contribution in [-0.4, -0.2) is 21.6 Å². The minimum Gasteiger partial charge on any atom is -0.485 e. The van der Waals surface area contributed by atoms with Crippen LogP contribution in [0.5, 0.6) is 5.75 Å². The van der Waals surface area contributed by atoms with Crippen molar-refractivity contribution in [2.75, 3.05) is 6.61 Å². The fraction of sp³-hybridized carbons (Fsp3) is 0.786. The maximum absolute atomic E-state index is 14.7. The van der Waals surface area contributed by atoms with Crippen LogP contribution >= 0.6 is 0 Å². The fourth-order valence-corrected chi connectivity index (χ4v) is 9.76. The van der Waals surface area contributed by atoms with Gasteiger partial charge in [0.05, 0.1) is 0 Å². The molecule has 1 atom stereocenters. The lowest BCUT2D eigenvalue weighted by Gasteiger charge is -2.37. The van der Waals surface area contributed by atoms with Gasteiger partial charge in [0, 0.05) is 8.80 Å². The second-order valence-corrected chi connectivity index (χ2v) is 14.2. The first-order valence-corrected chi connectivity index (χ1v) is 16.2. The van der Waals surface area contributed by atoms with Crippen molar-refractivity contribution in [3.8, 4) is 5.75 Å². The highest BCUT2D eigenvalue weighted by atomic mass is 28.3. The van der Waals surface area contributed by atoms with Crippen molar-refractivity contribution in [3.05, 3.63) is 29.3 Å². The molecule has 1 saturated carbocycles. The molecule has 5 heteroatoms. The summed E-state index contributed by atoms with van der Waals surface area (Å²) in [4.78, 5) is 0. The Morgan fingerprint density at radius 2 is 1.52 bits per heavy atom. The Morgan fingerprint density at radius 3 is 2.12 bits per heavy atom. The number of hydrogen-bond donors (Lipinski definition) is 0. The molecule has 1 heterocycles. The highest BCUT2D eigenvalue weighted by Crippen LogP contribution is 2.44. The molecule has 0 unspecified atom stereocenters. The maximum Gasteiger partial charge on any atom is 0.190 e. The van der Waals surface area contributed by atoms with E-state index in [1.165, 1.54) is 62.4 Å². The first kappa shape index (κ1) is 26.6. The molecule has 0 spiro atoms. The van der Waals surface area contributed by atoms with E-state index in [2.05, 4.69) is 13.8 Å². The van der Waals surface area contributed by atoms with Gasteiger partial charge >= 0.3 is 0 Å². The summed E-state index contributed by atoms with van der Waals surface area (Å²) in [5, 5.41) is 0. The summed E-state index contributed by atoms with van der Waals surface area (Å²) in [6.45, 7) is 4.14. The molecule has 1 aromatic rings. The number of benzene rings is 1. The SMILES string of the molecule is CCCCCC[C@@H](F)COc1c(F)cc([C@H]2CC[C@H]([C@H]3CC[Si@H](CCC)CC3)CC2)cc1F. The number of rotatable bonds is 12. The maximum atomic E-state index is 14.7. The fourth-order valence-electron chi connectivity index (χ4n) is 6.28. The molecule has 3 rings (SSSR count). The molecule has 188 valence electrons. The largest absolute Gasteiger partial charge is 0.485 e. The lowest BCUT2D eigenvalue weighted by Crippen LogP contribution is -2.28. The average molecular weight is 483 g/mol. The second kappa shape index (κ2) is 13.8. The first-order chi connectivity index (χ1) is 16.0. The monoisotopic (exact) mass is 482 g/mol. The number of ether oxygens (including phenoxy) is 1. The number of hydrogen-bond acceptors (Lipinski definition) is 1. The lowest BCUT2D eigenvalue weighted by molar-refractivity contribution is 0.173. The van der Waals surface area contributed by atoms with Gasteiger partial charge in [0.2, 0.25) is 0 Å². The molecule has 33 heavy (non-hydrogen) atoms. The Kier molecular flexibility index (Phi) is 11.1. The van der Waals surface area contributed by atoms with Crippen LogP contribution in [-0.2, 0) is 0 Å². The molecule has 1 aliphatic carbocycles. The third-order valence-electron chi connectivity index (χ3n) is 8.30. The third kappa shape index (κ3) is 8.04. The van der Waals surface area contributed by atoms with Gasteiger partial charge in [-0.1, -0.05) is 76.9 Å². The van der Waals surface area contributed by atoms with Gasteiger partial charge in [0.1, 0.15) is 12.8 Å². The molecule has 0 amide bonds. The Bertz CT molecular complexity index is 673. The van der Waals surface area contributed by atoms with E-state index in [4.69, 9.17) is 4.74 Å². The summed E-state index contributed by atoms with van der Waals surface area (Å²) >= 11 is 0. The summed E-state index contributed by atoms with van der Waals surface area (Å²) in [7, 11) is -0.437. The highest BCUT2D eigenvalue weighted by Gasteiger charge is 2.32. The zero-order valence-electron chi connectivity index (χ0n) is 20.9. The van der Waals surface area contributed by atoms with Crippen molar-refractivity contribution in [2.24, 2.45) is 11.8 Å².